The fourth-order valence-corrected chi connectivity index (χ4v) is 3.04. The van der Waals surface area contributed by atoms with Gasteiger partial charge in [-0.05, 0) is 31.2 Å². The second kappa shape index (κ2) is 7.48. The third-order valence-electron chi connectivity index (χ3n) is 4.41. The van der Waals surface area contributed by atoms with E-state index in [1.165, 1.54) is 6.07 Å². The van der Waals surface area contributed by atoms with Gasteiger partial charge in [-0.25, -0.2) is 9.67 Å². The molecule has 2 N–H and O–H groups in total. The van der Waals surface area contributed by atoms with Gasteiger partial charge >= 0.3 is 0 Å². The van der Waals surface area contributed by atoms with E-state index >= 15 is 0 Å². The summed E-state index contributed by atoms with van der Waals surface area (Å²) in [4.78, 5) is 32.5. The van der Waals surface area contributed by atoms with Crippen molar-refractivity contribution in [1.29, 1.82) is 0 Å². The Morgan fingerprint density at radius 3 is 2.64 bits per heavy atom. The maximum Gasteiger partial charge on any atom is 0.275 e. The minimum Gasteiger partial charge on any atom is -0.350 e. The van der Waals surface area contributed by atoms with Gasteiger partial charge < -0.3 is 10.3 Å². The van der Waals surface area contributed by atoms with Crippen LogP contribution in [-0.4, -0.2) is 32.2 Å². The molecule has 140 valence electrons. The Morgan fingerprint density at radius 1 is 1.11 bits per heavy atom. The van der Waals surface area contributed by atoms with Crippen LogP contribution in [0, 0.1) is 6.92 Å². The topological polar surface area (TPSA) is 92.7 Å². The number of para-hydroxylation sites is 3. The number of hydrogen-bond acceptors (Lipinski definition) is 4. The number of imidazole rings is 1. The van der Waals surface area contributed by atoms with Gasteiger partial charge in [-0.15, -0.1) is 0 Å². The first-order valence-electron chi connectivity index (χ1n) is 9.00. The molecule has 2 aromatic heterocycles. The van der Waals surface area contributed by atoms with Crippen molar-refractivity contribution in [1.82, 2.24) is 25.1 Å². The van der Waals surface area contributed by atoms with Crippen molar-refractivity contribution in [3.8, 4) is 5.69 Å². The van der Waals surface area contributed by atoms with E-state index in [0.717, 1.165) is 22.5 Å². The number of benzene rings is 2. The summed E-state index contributed by atoms with van der Waals surface area (Å²) < 4.78 is 1.59. The zero-order valence-corrected chi connectivity index (χ0v) is 15.3. The van der Waals surface area contributed by atoms with E-state index in [9.17, 15) is 9.59 Å². The first kappa shape index (κ1) is 17.7. The maximum atomic E-state index is 12.5. The molecule has 0 unspecified atom stereocenters. The third-order valence-corrected chi connectivity index (χ3v) is 4.41. The molecule has 0 atom stereocenters. The molecule has 7 nitrogen and oxygen atoms in total. The Hall–Kier alpha value is -3.74. The first-order valence-corrected chi connectivity index (χ1v) is 9.00. The van der Waals surface area contributed by atoms with E-state index in [1.807, 2.05) is 54.6 Å². The number of aromatic nitrogens is 4. The average Bonchev–Trinajstić information content (AvgIpc) is 3.11. The van der Waals surface area contributed by atoms with Gasteiger partial charge in [0.25, 0.3) is 5.91 Å². The molecule has 0 spiro atoms. The van der Waals surface area contributed by atoms with Crippen LogP contribution in [0.3, 0.4) is 0 Å². The minimum atomic E-state index is -0.495. The molecule has 0 fully saturated rings. The molecule has 2 heterocycles. The number of nitrogens with one attached hydrogen (secondary N) is 2. The number of H-pyrrole nitrogens is 1. The molecule has 2 aromatic carbocycles. The van der Waals surface area contributed by atoms with Crippen LogP contribution >= 0.6 is 0 Å². The summed E-state index contributed by atoms with van der Waals surface area (Å²) in [5, 5.41) is 7.03. The normalized spacial score (nSPS) is 10.9. The predicted molar refractivity (Wildman–Crippen MR) is 107 cm³/mol. The van der Waals surface area contributed by atoms with Crippen LogP contribution in [0.5, 0.6) is 0 Å². The molecular weight excluding hydrogens is 354 g/mol. The quantitative estimate of drug-likeness (QED) is 0.562. The lowest BCUT2D eigenvalue weighted by Gasteiger charge is -2.11. The van der Waals surface area contributed by atoms with Crippen molar-refractivity contribution >= 4 is 16.9 Å². The van der Waals surface area contributed by atoms with E-state index in [-0.39, 0.29) is 5.69 Å². The molecule has 0 saturated heterocycles. The highest BCUT2D eigenvalue weighted by atomic mass is 16.2. The average molecular weight is 373 g/mol. The number of rotatable bonds is 5. The van der Waals surface area contributed by atoms with Crippen molar-refractivity contribution in [3.63, 3.8) is 0 Å². The summed E-state index contributed by atoms with van der Waals surface area (Å²) in [6.45, 7) is 2.13. The fraction of sp³-hybridized carbons (Fsp3) is 0.143. The van der Waals surface area contributed by atoms with Gasteiger partial charge in [0.15, 0.2) is 5.69 Å². The Morgan fingerprint density at radius 2 is 1.86 bits per heavy atom. The summed E-state index contributed by atoms with van der Waals surface area (Å²) in [6.07, 6.45) is 0.527. The van der Waals surface area contributed by atoms with Gasteiger partial charge in [-0.2, -0.15) is 5.10 Å². The van der Waals surface area contributed by atoms with Gasteiger partial charge in [0.2, 0.25) is 5.43 Å². The second-order valence-corrected chi connectivity index (χ2v) is 6.45. The molecule has 0 aliphatic rings. The summed E-state index contributed by atoms with van der Waals surface area (Å²) in [5.74, 6) is 0.283. The predicted octanol–water partition coefficient (Wildman–Crippen LogP) is 2.39. The van der Waals surface area contributed by atoms with Crippen molar-refractivity contribution in [2.45, 2.75) is 13.3 Å². The van der Waals surface area contributed by atoms with Crippen LogP contribution in [0.15, 0.2) is 65.5 Å². The highest BCUT2D eigenvalue weighted by molar-refractivity contribution is 5.92. The Balaban J connectivity index is 1.49. The molecule has 7 heteroatoms. The molecule has 0 aliphatic carbocycles. The molecule has 0 saturated carbocycles. The maximum absolute atomic E-state index is 12.5. The number of amides is 1. The molecule has 1 amide bonds. The zero-order chi connectivity index (χ0) is 19.5. The first-order chi connectivity index (χ1) is 13.6. The van der Waals surface area contributed by atoms with Gasteiger partial charge in [0.1, 0.15) is 5.82 Å². The molecule has 4 aromatic rings. The summed E-state index contributed by atoms with van der Waals surface area (Å²) in [5.41, 5.74) is 2.76. The lowest BCUT2D eigenvalue weighted by atomic mass is 10.2. The van der Waals surface area contributed by atoms with Gasteiger partial charge in [-0.3, -0.25) is 9.59 Å². The van der Waals surface area contributed by atoms with Crippen molar-refractivity contribution in [2.75, 3.05) is 6.54 Å². The summed E-state index contributed by atoms with van der Waals surface area (Å²) in [6, 6.07) is 18.6. The smallest absolute Gasteiger partial charge is 0.275 e. The van der Waals surface area contributed by atoms with E-state index in [1.54, 1.807) is 11.6 Å². The van der Waals surface area contributed by atoms with E-state index in [0.29, 0.717) is 18.7 Å². The Bertz CT molecular complexity index is 1160. The van der Waals surface area contributed by atoms with Crippen molar-refractivity contribution in [3.05, 3.63) is 88.1 Å². The Kier molecular flexibility index (Phi) is 4.72. The lowest BCUT2D eigenvalue weighted by molar-refractivity contribution is 0.0946. The number of hydrogen-bond donors (Lipinski definition) is 2. The summed E-state index contributed by atoms with van der Waals surface area (Å²) in [7, 11) is 0. The highest BCUT2D eigenvalue weighted by Gasteiger charge is 2.15. The minimum absolute atomic E-state index is 0.126. The third kappa shape index (κ3) is 3.55. The molecular formula is C21H19N5O2. The highest BCUT2D eigenvalue weighted by Crippen LogP contribution is 2.10. The van der Waals surface area contributed by atoms with Crippen LogP contribution in [0.1, 0.15) is 22.0 Å². The number of nitrogens with zero attached hydrogens (tertiary/aromatic N) is 3. The zero-order valence-electron chi connectivity index (χ0n) is 15.3. The molecule has 0 radical (unpaired) electrons. The summed E-state index contributed by atoms with van der Waals surface area (Å²) >= 11 is 0. The van der Waals surface area contributed by atoms with Crippen LogP contribution in [0.2, 0.25) is 0 Å². The molecule has 28 heavy (non-hydrogen) atoms. The van der Waals surface area contributed by atoms with E-state index in [2.05, 4.69) is 20.4 Å². The molecule has 0 aliphatic heterocycles. The number of aryl methyl sites for hydroxylation is 1. The fourth-order valence-electron chi connectivity index (χ4n) is 3.04. The van der Waals surface area contributed by atoms with Crippen molar-refractivity contribution in [2.24, 2.45) is 0 Å². The Labute approximate surface area is 161 Å². The largest absolute Gasteiger partial charge is 0.350 e. The molecule has 0 bridgehead atoms. The van der Waals surface area contributed by atoms with Crippen LogP contribution < -0.4 is 10.7 Å². The van der Waals surface area contributed by atoms with E-state index in [4.69, 9.17) is 0 Å². The van der Waals surface area contributed by atoms with Crippen molar-refractivity contribution < 1.29 is 4.79 Å². The molecule has 4 rings (SSSR count). The SMILES string of the molecule is Cc1cc(=O)c(C(=O)NCCc2nc3ccccc3[nH]2)nn1-c1ccccc1. The number of carbonyl (C=O) groups is 1. The lowest BCUT2D eigenvalue weighted by Crippen LogP contribution is -2.33. The van der Waals surface area contributed by atoms with Crippen LogP contribution in [0.4, 0.5) is 0 Å². The van der Waals surface area contributed by atoms with Crippen LogP contribution in [0.25, 0.3) is 16.7 Å². The second-order valence-electron chi connectivity index (χ2n) is 6.45. The van der Waals surface area contributed by atoms with Crippen LogP contribution in [-0.2, 0) is 6.42 Å². The number of fused-ring (bicyclic) bond motifs is 1. The van der Waals surface area contributed by atoms with Gasteiger partial charge in [-0.1, -0.05) is 30.3 Å². The monoisotopic (exact) mass is 373 g/mol. The van der Waals surface area contributed by atoms with E-state index < -0.39 is 11.3 Å². The van der Waals surface area contributed by atoms with Gasteiger partial charge in [0.05, 0.1) is 16.7 Å². The van der Waals surface area contributed by atoms with Gasteiger partial charge in [0, 0.05) is 24.7 Å². The number of carbonyl (C=O) groups excluding carboxylic acids is 1. The standard InChI is InChI=1S/C21H19N5O2/c1-14-13-18(27)20(25-26(14)15-7-3-2-4-8-15)21(28)22-12-11-19-23-16-9-5-6-10-17(16)24-19/h2-10,13H,11-12H2,1H3,(H,22,28)(H,23,24). The number of aromatic amines is 1.